The fourth-order valence-corrected chi connectivity index (χ4v) is 4.19. The number of pyridine rings is 1. The van der Waals surface area contributed by atoms with E-state index in [2.05, 4.69) is 14.8 Å². The van der Waals surface area contributed by atoms with Crippen LogP contribution >= 0.6 is 11.8 Å². The quantitative estimate of drug-likeness (QED) is 0.770. The molecule has 2 atom stereocenters. The van der Waals surface area contributed by atoms with Gasteiger partial charge in [0, 0.05) is 39.4 Å². The molecule has 3 aliphatic rings. The summed E-state index contributed by atoms with van der Waals surface area (Å²) in [5.41, 5.74) is 0. The first-order valence-electron chi connectivity index (χ1n) is 7.82. The van der Waals surface area contributed by atoms with Crippen molar-refractivity contribution in [3.8, 4) is 0 Å². The van der Waals surface area contributed by atoms with Crippen LogP contribution in [-0.4, -0.2) is 71.2 Å². The van der Waals surface area contributed by atoms with Gasteiger partial charge in [0.05, 0.1) is 6.04 Å². The second-order valence-corrected chi connectivity index (χ2v) is 6.92. The molecule has 3 aliphatic heterocycles. The van der Waals surface area contributed by atoms with E-state index in [-0.39, 0.29) is 17.2 Å². The molecular formula is C16H19N5OS. The lowest BCUT2D eigenvalue weighted by Gasteiger charge is -2.41. The third-order valence-electron chi connectivity index (χ3n) is 4.49. The number of carbonyl (C=O) groups excluding carboxylic acids is 1. The van der Waals surface area contributed by atoms with E-state index in [0.717, 1.165) is 38.0 Å². The number of hydrogen-bond donors (Lipinski definition) is 0. The fourth-order valence-electron chi connectivity index (χ4n) is 3.19. The first-order chi connectivity index (χ1) is 11.2. The predicted molar refractivity (Wildman–Crippen MR) is 92.5 cm³/mol. The Morgan fingerprint density at radius 3 is 2.70 bits per heavy atom. The topological polar surface area (TPSA) is 52.0 Å². The lowest BCUT2D eigenvalue weighted by molar-refractivity contribution is -0.127. The number of hydrogen-bond acceptors (Lipinski definition) is 6. The van der Waals surface area contributed by atoms with Crippen LogP contribution in [0.5, 0.6) is 0 Å². The zero-order valence-electron chi connectivity index (χ0n) is 13.0. The molecule has 0 N–H and O–H groups in total. The van der Waals surface area contributed by atoms with Gasteiger partial charge in [-0.05, 0) is 17.5 Å². The minimum absolute atomic E-state index is 0.00693. The van der Waals surface area contributed by atoms with E-state index in [1.54, 1.807) is 16.7 Å². The monoisotopic (exact) mass is 329 g/mol. The van der Waals surface area contributed by atoms with Crippen LogP contribution in [0.2, 0.25) is 0 Å². The van der Waals surface area contributed by atoms with Gasteiger partial charge in [0.15, 0.2) is 0 Å². The summed E-state index contributed by atoms with van der Waals surface area (Å²) in [7, 11) is 1.83. The highest BCUT2D eigenvalue weighted by Crippen LogP contribution is 2.32. The molecule has 1 fully saturated rings. The highest BCUT2D eigenvalue weighted by atomic mass is 32.2. The van der Waals surface area contributed by atoms with Crippen LogP contribution in [0.1, 0.15) is 0 Å². The molecule has 23 heavy (non-hydrogen) atoms. The second kappa shape index (κ2) is 5.88. The van der Waals surface area contributed by atoms with Crippen molar-refractivity contribution in [1.29, 1.82) is 0 Å². The van der Waals surface area contributed by atoms with Gasteiger partial charge in [0.25, 0.3) is 0 Å². The minimum Gasteiger partial charge on any atom is -0.353 e. The van der Waals surface area contributed by atoms with E-state index >= 15 is 0 Å². The van der Waals surface area contributed by atoms with E-state index < -0.39 is 0 Å². The fraction of sp³-hybridized carbons (Fsp3) is 0.438. The number of amides is 1. The number of aromatic nitrogens is 1. The SMILES string of the molecule is CN1C(=O)C2SC=CC2N=C1N1CCN(c2ccccn2)CC1. The lowest BCUT2D eigenvalue weighted by atomic mass is 10.1. The number of nitrogens with zero attached hydrogens (tertiary/aromatic N) is 5. The minimum atomic E-state index is -0.0708. The number of carbonyl (C=O) groups is 1. The summed E-state index contributed by atoms with van der Waals surface area (Å²) >= 11 is 1.57. The maximum atomic E-state index is 12.5. The molecule has 0 spiro atoms. The summed E-state index contributed by atoms with van der Waals surface area (Å²) < 4.78 is 0. The zero-order chi connectivity index (χ0) is 15.8. The van der Waals surface area contributed by atoms with Crippen molar-refractivity contribution >= 4 is 29.4 Å². The van der Waals surface area contributed by atoms with Crippen LogP contribution in [0, 0.1) is 0 Å². The smallest absolute Gasteiger partial charge is 0.245 e. The van der Waals surface area contributed by atoms with Crippen LogP contribution in [0.25, 0.3) is 0 Å². The number of rotatable bonds is 1. The van der Waals surface area contributed by atoms with E-state index in [9.17, 15) is 4.79 Å². The van der Waals surface area contributed by atoms with Gasteiger partial charge in [-0.2, -0.15) is 0 Å². The van der Waals surface area contributed by atoms with E-state index in [4.69, 9.17) is 4.99 Å². The summed E-state index contributed by atoms with van der Waals surface area (Å²) in [4.78, 5) is 27.9. The first-order valence-corrected chi connectivity index (χ1v) is 8.77. The van der Waals surface area contributed by atoms with Gasteiger partial charge >= 0.3 is 0 Å². The van der Waals surface area contributed by atoms with Crippen molar-refractivity contribution in [2.75, 3.05) is 38.1 Å². The Balaban J connectivity index is 1.48. The summed E-state index contributed by atoms with van der Waals surface area (Å²) in [6.07, 6.45) is 3.86. The maximum Gasteiger partial charge on any atom is 0.245 e. The molecule has 4 rings (SSSR count). The molecule has 0 aromatic carbocycles. The largest absolute Gasteiger partial charge is 0.353 e. The van der Waals surface area contributed by atoms with Crippen LogP contribution < -0.4 is 4.90 Å². The van der Waals surface area contributed by atoms with Crippen molar-refractivity contribution in [1.82, 2.24) is 14.8 Å². The van der Waals surface area contributed by atoms with Crippen molar-refractivity contribution in [2.24, 2.45) is 4.99 Å². The molecule has 1 amide bonds. The molecule has 1 aromatic rings. The van der Waals surface area contributed by atoms with Gasteiger partial charge in [-0.3, -0.25) is 9.69 Å². The average molecular weight is 329 g/mol. The van der Waals surface area contributed by atoms with Crippen molar-refractivity contribution in [2.45, 2.75) is 11.3 Å². The number of thioether (sulfide) groups is 1. The Kier molecular flexibility index (Phi) is 3.72. The summed E-state index contributed by atoms with van der Waals surface area (Å²) in [5, 5.41) is 1.92. The Hall–Kier alpha value is -2.02. The third-order valence-corrected chi connectivity index (χ3v) is 5.57. The molecule has 1 saturated heterocycles. The summed E-state index contributed by atoms with van der Waals surface area (Å²) in [5.74, 6) is 1.98. The van der Waals surface area contributed by atoms with Crippen LogP contribution in [0.15, 0.2) is 40.9 Å². The Morgan fingerprint density at radius 1 is 1.17 bits per heavy atom. The van der Waals surface area contributed by atoms with Crippen LogP contribution in [0.4, 0.5) is 5.82 Å². The van der Waals surface area contributed by atoms with Gasteiger partial charge in [-0.25, -0.2) is 9.98 Å². The summed E-state index contributed by atoms with van der Waals surface area (Å²) in [6.45, 7) is 3.47. The Bertz CT molecular complexity index is 654. The van der Waals surface area contributed by atoms with Gasteiger partial charge in [-0.1, -0.05) is 12.1 Å². The highest BCUT2D eigenvalue weighted by molar-refractivity contribution is 8.03. The molecule has 0 saturated carbocycles. The highest BCUT2D eigenvalue weighted by Gasteiger charge is 2.40. The predicted octanol–water partition coefficient (Wildman–Crippen LogP) is 1.03. The van der Waals surface area contributed by atoms with Crippen molar-refractivity contribution < 1.29 is 4.79 Å². The van der Waals surface area contributed by atoms with E-state index in [1.807, 2.05) is 42.9 Å². The Labute approximate surface area is 139 Å². The number of piperazine rings is 1. The molecule has 0 radical (unpaired) electrons. The average Bonchev–Trinajstić information content (AvgIpc) is 3.08. The van der Waals surface area contributed by atoms with Crippen molar-refractivity contribution in [3.63, 3.8) is 0 Å². The zero-order valence-corrected chi connectivity index (χ0v) is 13.8. The van der Waals surface area contributed by atoms with E-state index in [0.29, 0.717) is 0 Å². The first kappa shape index (κ1) is 14.6. The van der Waals surface area contributed by atoms with Crippen LogP contribution in [-0.2, 0) is 4.79 Å². The molecule has 7 heteroatoms. The molecule has 1 aromatic heterocycles. The standard InChI is InChI=1S/C16H19N5OS/c1-19-15(22)14-12(5-11-23-14)18-16(19)21-9-7-20(8-10-21)13-4-2-3-6-17-13/h2-6,11-12,14H,7-10H2,1H3. The van der Waals surface area contributed by atoms with Gasteiger partial charge in [-0.15, -0.1) is 11.8 Å². The molecule has 4 heterocycles. The normalized spacial score (nSPS) is 27.3. The number of fused-ring (bicyclic) bond motifs is 1. The summed E-state index contributed by atoms with van der Waals surface area (Å²) in [6, 6.07) is 5.97. The van der Waals surface area contributed by atoms with Gasteiger partial charge in [0.1, 0.15) is 11.1 Å². The van der Waals surface area contributed by atoms with E-state index in [1.165, 1.54) is 0 Å². The van der Waals surface area contributed by atoms with Crippen LogP contribution in [0.3, 0.4) is 0 Å². The molecule has 6 nitrogen and oxygen atoms in total. The third kappa shape index (κ3) is 2.59. The number of aliphatic imine (C=N–C) groups is 1. The van der Waals surface area contributed by atoms with Gasteiger partial charge in [0.2, 0.25) is 11.9 Å². The molecule has 0 aliphatic carbocycles. The molecule has 2 unspecified atom stereocenters. The van der Waals surface area contributed by atoms with Gasteiger partial charge < -0.3 is 9.80 Å². The number of anilines is 1. The second-order valence-electron chi connectivity index (χ2n) is 5.86. The molecular weight excluding hydrogens is 310 g/mol. The lowest BCUT2D eigenvalue weighted by Crippen LogP contribution is -2.58. The molecule has 0 bridgehead atoms. The van der Waals surface area contributed by atoms with Crippen molar-refractivity contribution in [3.05, 3.63) is 35.9 Å². The number of guanidine groups is 1. The maximum absolute atomic E-state index is 12.5. The molecule has 120 valence electrons. The Morgan fingerprint density at radius 2 is 1.96 bits per heavy atom.